The molecule has 222 valence electrons. The van der Waals surface area contributed by atoms with E-state index in [1.54, 1.807) is 6.92 Å². The first-order valence-corrected chi connectivity index (χ1v) is 13.7. The molecule has 2 atom stereocenters. The van der Waals surface area contributed by atoms with Gasteiger partial charge in [0.25, 0.3) is 12.9 Å². The molecule has 1 fully saturated rings. The van der Waals surface area contributed by atoms with E-state index in [9.17, 15) is 27.2 Å². The number of rotatable bonds is 10. The zero-order chi connectivity index (χ0) is 29.8. The Balaban J connectivity index is 1.54. The number of aliphatic hydroxyl groups is 1. The van der Waals surface area contributed by atoms with Gasteiger partial charge in [0.1, 0.15) is 29.1 Å². The molecule has 4 rings (SSSR count). The van der Waals surface area contributed by atoms with Crippen LogP contribution < -0.4 is 5.32 Å². The summed E-state index contributed by atoms with van der Waals surface area (Å²) in [7, 11) is 2.51. The smallest absolute Gasteiger partial charge is 0.268 e. The number of aromatic nitrogens is 2. The summed E-state index contributed by atoms with van der Waals surface area (Å²) < 4.78 is 61.3. The molecule has 14 heteroatoms. The lowest BCUT2D eigenvalue weighted by molar-refractivity contribution is -0.144. The van der Waals surface area contributed by atoms with Crippen LogP contribution in [0.5, 0.6) is 0 Å². The maximum Gasteiger partial charge on any atom is 0.268 e. The number of fused-ring (bicyclic) bond motifs is 1. The van der Waals surface area contributed by atoms with Crippen molar-refractivity contribution < 1.29 is 37.0 Å². The second-order valence-corrected chi connectivity index (χ2v) is 10.9. The number of methoxy groups -OCH3 is 1. The number of ether oxygens (including phenoxy) is 1. The van der Waals surface area contributed by atoms with E-state index in [2.05, 4.69) is 15.3 Å². The number of nitrogens with zero attached hydrogens (tertiary/aromatic N) is 4. The van der Waals surface area contributed by atoms with Crippen LogP contribution in [0.15, 0.2) is 30.5 Å². The number of amides is 2. The molecular weight excluding hydrogens is 566 g/mol. The molecule has 2 N–H and O–H groups in total. The van der Waals surface area contributed by atoms with Gasteiger partial charge in [0.05, 0.1) is 16.9 Å². The number of thiazole rings is 1. The molecule has 41 heavy (non-hydrogen) atoms. The van der Waals surface area contributed by atoms with Crippen molar-refractivity contribution in [2.24, 2.45) is 5.92 Å². The molecular formula is C27H31F4N5O4S. The molecule has 1 aliphatic heterocycles. The third-order valence-corrected chi connectivity index (χ3v) is 8.09. The van der Waals surface area contributed by atoms with Crippen LogP contribution in [0.2, 0.25) is 0 Å². The first-order valence-electron chi connectivity index (χ1n) is 12.9. The first kappa shape index (κ1) is 30.6. The second-order valence-electron chi connectivity index (χ2n) is 9.75. The van der Waals surface area contributed by atoms with E-state index in [4.69, 9.17) is 9.84 Å². The van der Waals surface area contributed by atoms with Gasteiger partial charge in [0.2, 0.25) is 11.8 Å². The van der Waals surface area contributed by atoms with Crippen molar-refractivity contribution in [3.05, 3.63) is 46.6 Å². The molecule has 0 aliphatic carbocycles. The third-order valence-electron chi connectivity index (χ3n) is 7.21. The minimum atomic E-state index is -2.88. The van der Waals surface area contributed by atoms with Crippen LogP contribution in [0.25, 0.3) is 10.3 Å². The Morgan fingerprint density at radius 1 is 1.17 bits per heavy atom. The van der Waals surface area contributed by atoms with Gasteiger partial charge in [-0.1, -0.05) is 23.5 Å². The van der Waals surface area contributed by atoms with Gasteiger partial charge in [-0.25, -0.2) is 27.5 Å². The number of piperidine rings is 1. The lowest BCUT2D eigenvalue weighted by Crippen LogP contribution is -2.45. The highest BCUT2D eigenvalue weighted by Crippen LogP contribution is 2.38. The third kappa shape index (κ3) is 6.60. The number of aryl methyl sites for hydroxylation is 1. The second kappa shape index (κ2) is 13.1. The van der Waals surface area contributed by atoms with E-state index in [0.29, 0.717) is 33.9 Å². The molecule has 2 aromatic heterocycles. The predicted octanol–water partition coefficient (Wildman–Crippen LogP) is 4.69. The van der Waals surface area contributed by atoms with Crippen LogP contribution in [0.4, 0.5) is 28.9 Å². The Kier molecular flexibility index (Phi) is 9.76. The Labute approximate surface area is 238 Å². The molecule has 3 aromatic rings. The molecule has 3 heterocycles. The van der Waals surface area contributed by atoms with E-state index >= 15 is 0 Å². The van der Waals surface area contributed by atoms with Crippen LogP contribution in [0.3, 0.4) is 0 Å². The number of hydrogen-bond donors (Lipinski definition) is 2. The Morgan fingerprint density at radius 2 is 1.83 bits per heavy atom. The van der Waals surface area contributed by atoms with E-state index in [0.717, 1.165) is 4.90 Å². The summed E-state index contributed by atoms with van der Waals surface area (Å²) in [5.41, 5.74) is 1.30. The molecule has 9 nitrogen and oxygen atoms in total. The minimum absolute atomic E-state index is 0.142. The highest BCUT2D eigenvalue weighted by molar-refractivity contribution is 7.18. The normalized spacial score (nSPS) is 15.9. The van der Waals surface area contributed by atoms with Crippen molar-refractivity contribution in [1.82, 2.24) is 19.8 Å². The number of likely N-dealkylation sites (tertiary alicyclic amines) is 1. The molecule has 1 saturated heterocycles. The Bertz CT molecular complexity index is 1370. The number of benzene rings is 1. The monoisotopic (exact) mass is 597 g/mol. The standard InChI is InChI=1S/C27H31F4N5O4S/c1-14-33-21-20(23(40-3)25(30)31)18(12-32-26(21)41-14)34-17-6-4-15(5-7-17)22(24(28)29)35(2)27(39)16-8-10-36(11-9-16)19(38)13-37/h4-7,12,16,22-25,34,37H,8-11,13H2,1-3H3/t22-,23+/m0/s1. The van der Waals surface area contributed by atoms with Gasteiger partial charge in [-0.05, 0) is 37.5 Å². The zero-order valence-corrected chi connectivity index (χ0v) is 23.5. The molecule has 2 amide bonds. The SMILES string of the molecule is CO[C@H](c1c(Nc2ccc([C@@H](C(F)F)N(C)C(=O)C3CCN(C(=O)CO)CC3)cc2)cnc2sc(C)nc12)C(F)F. The van der Waals surface area contributed by atoms with Crippen LogP contribution >= 0.6 is 11.3 Å². The fraction of sp³-hybridized carbons (Fsp3) is 0.481. The average Bonchev–Trinajstić information content (AvgIpc) is 3.34. The summed E-state index contributed by atoms with van der Waals surface area (Å²) >= 11 is 1.27. The number of carbonyl (C=O) groups excluding carboxylic acids is 2. The summed E-state index contributed by atoms with van der Waals surface area (Å²) in [6, 6.07) is 4.42. The van der Waals surface area contributed by atoms with Gasteiger partial charge in [-0.3, -0.25) is 9.59 Å². The number of carbonyl (C=O) groups is 2. The summed E-state index contributed by atoms with van der Waals surface area (Å²) in [6.07, 6.45) is -5.25. The number of halogens is 4. The van der Waals surface area contributed by atoms with Gasteiger partial charge in [0, 0.05) is 44.4 Å². The van der Waals surface area contributed by atoms with Gasteiger partial charge < -0.3 is 25.0 Å². The summed E-state index contributed by atoms with van der Waals surface area (Å²) in [4.78, 5) is 36.5. The van der Waals surface area contributed by atoms with Crippen molar-refractivity contribution in [1.29, 1.82) is 0 Å². The molecule has 0 bridgehead atoms. The van der Waals surface area contributed by atoms with E-state index in [1.165, 1.54) is 60.9 Å². The van der Waals surface area contributed by atoms with Crippen molar-refractivity contribution >= 4 is 44.9 Å². The van der Waals surface area contributed by atoms with Gasteiger partial charge in [0.15, 0.2) is 0 Å². The molecule has 1 aromatic carbocycles. The number of pyridine rings is 1. The lowest BCUT2D eigenvalue weighted by atomic mass is 9.94. The summed E-state index contributed by atoms with van der Waals surface area (Å²) in [5.74, 6) is -1.41. The number of aliphatic hydroxyl groups excluding tert-OH is 1. The first-order chi connectivity index (χ1) is 19.5. The Hall–Kier alpha value is -3.36. The number of nitrogens with one attached hydrogen (secondary N) is 1. The maximum absolute atomic E-state index is 14.2. The van der Waals surface area contributed by atoms with E-state index in [1.807, 2.05) is 0 Å². The van der Waals surface area contributed by atoms with E-state index in [-0.39, 0.29) is 29.9 Å². The molecule has 0 radical (unpaired) electrons. The summed E-state index contributed by atoms with van der Waals surface area (Å²) in [5, 5.41) is 12.7. The van der Waals surface area contributed by atoms with Crippen LogP contribution in [0, 0.1) is 12.8 Å². The largest absolute Gasteiger partial charge is 0.387 e. The van der Waals surface area contributed by atoms with Gasteiger partial charge >= 0.3 is 0 Å². The molecule has 1 aliphatic rings. The summed E-state index contributed by atoms with van der Waals surface area (Å²) in [6.45, 7) is 1.66. The fourth-order valence-electron chi connectivity index (χ4n) is 5.09. The van der Waals surface area contributed by atoms with E-state index < -0.39 is 49.3 Å². The van der Waals surface area contributed by atoms with Crippen LogP contribution in [-0.2, 0) is 14.3 Å². The van der Waals surface area contributed by atoms with Crippen molar-refractivity contribution in [2.45, 2.75) is 44.8 Å². The Morgan fingerprint density at radius 3 is 2.39 bits per heavy atom. The van der Waals surface area contributed by atoms with Crippen LogP contribution in [-0.4, -0.2) is 83.4 Å². The number of anilines is 2. The lowest BCUT2D eigenvalue weighted by Gasteiger charge is -2.35. The quantitative estimate of drug-likeness (QED) is 0.327. The molecule has 0 saturated carbocycles. The van der Waals surface area contributed by atoms with Gasteiger partial charge in [-0.15, -0.1) is 0 Å². The van der Waals surface area contributed by atoms with Crippen molar-refractivity contribution in [2.75, 3.05) is 39.2 Å². The maximum atomic E-state index is 14.2. The number of alkyl halides is 4. The van der Waals surface area contributed by atoms with Crippen molar-refractivity contribution in [3.63, 3.8) is 0 Å². The predicted molar refractivity (Wildman–Crippen MR) is 146 cm³/mol. The number of hydrogen-bond acceptors (Lipinski definition) is 8. The van der Waals surface area contributed by atoms with Crippen molar-refractivity contribution in [3.8, 4) is 0 Å². The highest BCUT2D eigenvalue weighted by atomic mass is 32.1. The topological polar surface area (TPSA) is 108 Å². The average molecular weight is 598 g/mol. The highest BCUT2D eigenvalue weighted by Gasteiger charge is 2.35. The molecule has 0 unspecified atom stereocenters. The zero-order valence-electron chi connectivity index (χ0n) is 22.7. The van der Waals surface area contributed by atoms with Crippen LogP contribution in [0.1, 0.15) is 41.1 Å². The fourth-order valence-corrected chi connectivity index (χ4v) is 5.87. The minimum Gasteiger partial charge on any atom is -0.387 e. The molecule has 0 spiro atoms. The van der Waals surface area contributed by atoms with Gasteiger partial charge in [-0.2, -0.15) is 0 Å².